The van der Waals surface area contributed by atoms with E-state index in [-0.39, 0.29) is 6.04 Å². The van der Waals surface area contributed by atoms with Gasteiger partial charge in [0, 0.05) is 11.7 Å². The van der Waals surface area contributed by atoms with Gasteiger partial charge < -0.3 is 11.1 Å². The van der Waals surface area contributed by atoms with E-state index in [9.17, 15) is 0 Å². The van der Waals surface area contributed by atoms with Crippen molar-refractivity contribution < 1.29 is 0 Å². The molecule has 0 spiro atoms. The number of hydrogen-bond donors (Lipinski definition) is 2. The fourth-order valence-electron chi connectivity index (χ4n) is 3.21. The van der Waals surface area contributed by atoms with Crippen LogP contribution in [0.3, 0.4) is 0 Å². The molecule has 2 heteroatoms. The predicted molar refractivity (Wildman–Crippen MR) is 84.9 cm³/mol. The van der Waals surface area contributed by atoms with Crippen molar-refractivity contribution in [1.29, 1.82) is 0 Å². The largest absolute Gasteiger partial charge is 0.378 e. The molecule has 104 valence electrons. The number of aryl methyl sites for hydroxylation is 2. The highest BCUT2D eigenvalue weighted by Gasteiger charge is 2.28. The van der Waals surface area contributed by atoms with Crippen LogP contribution in [0.5, 0.6) is 0 Å². The van der Waals surface area contributed by atoms with E-state index in [1.54, 1.807) is 0 Å². The van der Waals surface area contributed by atoms with Crippen molar-refractivity contribution in [2.24, 2.45) is 5.73 Å². The van der Waals surface area contributed by atoms with Crippen LogP contribution in [0.15, 0.2) is 42.5 Å². The molecule has 3 N–H and O–H groups in total. The number of nitrogens with two attached hydrogens (primary N) is 1. The lowest BCUT2D eigenvalue weighted by Crippen LogP contribution is -2.12. The molecule has 0 fully saturated rings. The molecule has 20 heavy (non-hydrogen) atoms. The van der Waals surface area contributed by atoms with E-state index >= 15 is 0 Å². The Bertz CT molecular complexity index is 619. The second-order valence-corrected chi connectivity index (χ2v) is 5.63. The van der Waals surface area contributed by atoms with Gasteiger partial charge in [-0.25, -0.2) is 0 Å². The van der Waals surface area contributed by atoms with Crippen LogP contribution in [0.1, 0.15) is 47.7 Å². The average Bonchev–Trinajstić information content (AvgIpc) is 2.78. The van der Waals surface area contributed by atoms with Gasteiger partial charge in [-0.1, -0.05) is 49.4 Å². The van der Waals surface area contributed by atoms with Gasteiger partial charge >= 0.3 is 0 Å². The molecule has 0 saturated heterocycles. The van der Waals surface area contributed by atoms with Gasteiger partial charge in [-0.2, -0.15) is 0 Å². The highest BCUT2D eigenvalue weighted by Crippen LogP contribution is 2.40. The molecule has 2 nitrogen and oxygen atoms in total. The van der Waals surface area contributed by atoms with Crippen molar-refractivity contribution in [2.75, 3.05) is 5.32 Å². The minimum atomic E-state index is 0.151. The van der Waals surface area contributed by atoms with Crippen LogP contribution in [0.2, 0.25) is 0 Å². The molecule has 1 aliphatic rings. The molecule has 0 bridgehead atoms. The molecule has 0 saturated carbocycles. The zero-order chi connectivity index (χ0) is 14.1. The maximum Gasteiger partial charge on any atom is 0.0535 e. The monoisotopic (exact) mass is 266 g/mol. The first-order valence-corrected chi connectivity index (χ1v) is 7.40. The third-order valence-electron chi connectivity index (χ3n) is 4.32. The van der Waals surface area contributed by atoms with Crippen LogP contribution in [0.25, 0.3) is 0 Å². The van der Waals surface area contributed by atoms with E-state index in [0.29, 0.717) is 6.04 Å². The van der Waals surface area contributed by atoms with Gasteiger partial charge in [0.2, 0.25) is 0 Å². The smallest absolute Gasteiger partial charge is 0.0535 e. The highest BCUT2D eigenvalue weighted by molar-refractivity contribution is 5.59. The molecule has 2 unspecified atom stereocenters. The van der Waals surface area contributed by atoms with Crippen LogP contribution in [0.4, 0.5) is 5.69 Å². The van der Waals surface area contributed by atoms with Crippen LogP contribution in [0, 0.1) is 6.92 Å². The van der Waals surface area contributed by atoms with Crippen LogP contribution >= 0.6 is 0 Å². The van der Waals surface area contributed by atoms with Gasteiger partial charge in [0.05, 0.1) is 6.04 Å². The number of para-hydroxylation sites is 1. The summed E-state index contributed by atoms with van der Waals surface area (Å²) in [5.74, 6) is 0. The summed E-state index contributed by atoms with van der Waals surface area (Å²) in [6.07, 6.45) is 2.02. The molecule has 0 radical (unpaired) electrons. The summed E-state index contributed by atoms with van der Waals surface area (Å²) in [6, 6.07) is 15.5. The molecule has 3 rings (SSSR count). The maximum atomic E-state index is 6.26. The van der Waals surface area contributed by atoms with Crippen LogP contribution < -0.4 is 11.1 Å². The Kier molecular flexibility index (Phi) is 3.49. The van der Waals surface area contributed by atoms with Gasteiger partial charge in [0.25, 0.3) is 0 Å². The predicted octanol–water partition coefficient (Wildman–Crippen LogP) is 4.11. The van der Waals surface area contributed by atoms with E-state index in [1.165, 1.54) is 27.9 Å². The summed E-state index contributed by atoms with van der Waals surface area (Å²) in [6.45, 7) is 4.37. The second-order valence-electron chi connectivity index (χ2n) is 5.63. The fourth-order valence-corrected chi connectivity index (χ4v) is 3.21. The number of nitrogens with one attached hydrogen (secondary N) is 1. The number of hydrogen-bond acceptors (Lipinski definition) is 2. The summed E-state index contributed by atoms with van der Waals surface area (Å²) >= 11 is 0. The minimum Gasteiger partial charge on any atom is -0.378 e. The summed E-state index contributed by atoms with van der Waals surface area (Å²) in [5, 5.41) is 3.74. The lowest BCUT2D eigenvalue weighted by atomic mass is 10.0. The standard InChI is InChI=1S/C18H22N2/c1-3-13-8-6-7-12(2)18(13)20-17-11-16(19)14-9-4-5-10-15(14)17/h4-10,16-17,20H,3,11,19H2,1-2H3. The molecule has 1 aliphatic carbocycles. The van der Waals surface area contributed by atoms with Crippen LogP contribution in [-0.2, 0) is 6.42 Å². The van der Waals surface area contributed by atoms with Crippen molar-refractivity contribution in [3.63, 3.8) is 0 Å². The molecule has 0 aromatic heterocycles. The Morgan fingerprint density at radius 2 is 1.85 bits per heavy atom. The molecule has 2 atom stereocenters. The molecular formula is C18H22N2. The maximum absolute atomic E-state index is 6.26. The van der Waals surface area contributed by atoms with Gasteiger partial charge in [-0.05, 0) is 42.0 Å². The van der Waals surface area contributed by atoms with Crippen molar-refractivity contribution in [3.8, 4) is 0 Å². The van der Waals surface area contributed by atoms with Crippen molar-refractivity contribution in [2.45, 2.75) is 38.8 Å². The normalized spacial score (nSPS) is 20.8. The second kappa shape index (κ2) is 5.29. The molecule has 0 aliphatic heterocycles. The van der Waals surface area contributed by atoms with Crippen LogP contribution in [-0.4, -0.2) is 0 Å². The Labute approximate surface area is 121 Å². The van der Waals surface area contributed by atoms with Crippen molar-refractivity contribution in [1.82, 2.24) is 0 Å². The number of benzene rings is 2. The Morgan fingerprint density at radius 3 is 2.60 bits per heavy atom. The first-order chi connectivity index (χ1) is 9.70. The van der Waals surface area contributed by atoms with E-state index < -0.39 is 0 Å². The first kappa shape index (κ1) is 13.2. The summed E-state index contributed by atoms with van der Waals surface area (Å²) in [5.41, 5.74) is 12.9. The summed E-state index contributed by atoms with van der Waals surface area (Å²) < 4.78 is 0. The van der Waals surface area contributed by atoms with Crippen molar-refractivity contribution >= 4 is 5.69 Å². The zero-order valence-electron chi connectivity index (χ0n) is 12.2. The van der Waals surface area contributed by atoms with Gasteiger partial charge in [0.15, 0.2) is 0 Å². The summed E-state index contributed by atoms with van der Waals surface area (Å²) in [7, 11) is 0. The Morgan fingerprint density at radius 1 is 1.10 bits per heavy atom. The van der Waals surface area contributed by atoms with Gasteiger partial charge in [-0.3, -0.25) is 0 Å². The molecular weight excluding hydrogens is 244 g/mol. The quantitative estimate of drug-likeness (QED) is 0.877. The van der Waals surface area contributed by atoms with Gasteiger partial charge in [0.1, 0.15) is 0 Å². The first-order valence-electron chi connectivity index (χ1n) is 7.40. The average molecular weight is 266 g/mol. The van der Waals surface area contributed by atoms with E-state index in [2.05, 4.69) is 61.6 Å². The third kappa shape index (κ3) is 2.20. The van der Waals surface area contributed by atoms with E-state index in [0.717, 1.165) is 12.8 Å². The van der Waals surface area contributed by atoms with Crippen molar-refractivity contribution in [3.05, 3.63) is 64.7 Å². The zero-order valence-corrected chi connectivity index (χ0v) is 12.2. The van der Waals surface area contributed by atoms with E-state index in [4.69, 9.17) is 5.73 Å². The molecule has 2 aromatic rings. The molecule has 0 heterocycles. The number of anilines is 1. The topological polar surface area (TPSA) is 38.0 Å². The lowest BCUT2D eigenvalue weighted by molar-refractivity contribution is 0.647. The molecule has 2 aromatic carbocycles. The Balaban J connectivity index is 1.94. The lowest BCUT2D eigenvalue weighted by Gasteiger charge is -2.20. The minimum absolute atomic E-state index is 0.151. The van der Waals surface area contributed by atoms with Gasteiger partial charge in [-0.15, -0.1) is 0 Å². The molecule has 0 amide bonds. The number of fused-ring (bicyclic) bond motifs is 1. The Hall–Kier alpha value is -1.80. The summed E-state index contributed by atoms with van der Waals surface area (Å²) in [4.78, 5) is 0. The highest BCUT2D eigenvalue weighted by atomic mass is 14.9. The SMILES string of the molecule is CCc1cccc(C)c1NC1CC(N)c2ccccc21. The third-order valence-corrected chi connectivity index (χ3v) is 4.32. The van der Waals surface area contributed by atoms with E-state index in [1.807, 2.05) is 0 Å². The number of rotatable bonds is 3. The fraction of sp³-hybridized carbons (Fsp3) is 0.333.